The van der Waals surface area contributed by atoms with Gasteiger partial charge in [-0.3, -0.25) is 0 Å². The van der Waals surface area contributed by atoms with Crippen LogP contribution in [0.3, 0.4) is 0 Å². The minimum absolute atomic E-state index is 0.558. The molecule has 0 saturated carbocycles. The first-order valence-corrected chi connectivity index (χ1v) is 4.81. The van der Waals surface area contributed by atoms with E-state index in [0.29, 0.717) is 5.76 Å². The molecule has 1 heterocycles. The molecule has 0 aliphatic carbocycles. The molecule has 0 aliphatic rings. The van der Waals surface area contributed by atoms with E-state index in [-0.39, 0.29) is 0 Å². The maximum Gasteiger partial charge on any atom is 0.136 e. The van der Waals surface area contributed by atoms with Gasteiger partial charge in [0.05, 0.1) is 6.26 Å². The molecule has 2 rings (SSSR count). The fourth-order valence-corrected chi connectivity index (χ4v) is 1.32. The predicted octanol–water partition coefficient (Wildman–Crippen LogP) is 3.03. The maximum absolute atomic E-state index is 9.69. The van der Waals surface area contributed by atoms with E-state index in [0.717, 1.165) is 5.56 Å². The van der Waals surface area contributed by atoms with Crippen LogP contribution in [0.25, 0.3) is 6.08 Å². The van der Waals surface area contributed by atoms with Gasteiger partial charge in [0.25, 0.3) is 0 Å². The molecule has 0 bridgehead atoms. The van der Waals surface area contributed by atoms with Crippen molar-refractivity contribution in [1.29, 1.82) is 0 Å². The zero-order chi connectivity index (χ0) is 10.5. The van der Waals surface area contributed by atoms with Gasteiger partial charge in [0, 0.05) is 0 Å². The Kier molecular flexibility index (Phi) is 3.00. The summed E-state index contributed by atoms with van der Waals surface area (Å²) in [7, 11) is 0. The van der Waals surface area contributed by atoms with E-state index in [1.165, 1.54) is 0 Å². The second-order valence-electron chi connectivity index (χ2n) is 3.23. The number of furan rings is 1. The lowest BCUT2D eigenvalue weighted by molar-refractivity contribution is 0.198. The molecule has 2 aromatic rings. The van der Waals surface area contributed by atoms with E-state index in [2.05, 4.69) is 0 Å². The Labute approximate surface area is 88.5 Å². The van der Waals surface area contributed by atoms with E-state index in [1.54, 1.807) is 24.5 Å². The van der Waals surface area contributed by atoms with Gasteiger partial charge in [-0.15, -0.1) is 0 Å². The van der Waals surface area contributed by atoms with E-state index in [4.69, 9.17) is 4.42 Å². The maximum atomic E-state index is 9.69. The lowest BCUT2D eigenvalue weighted by Crippen LogP contribution is -1.89. The van der Waals surface area contributed by atoms with Gasteiger partial charge in [0.2, 0.25) is 0 Å². The minimum Gasteiger partial charge on any atom is -0.466 e. The summed E-state index contributed by atoms with van der Waals surface area (Å²) in [6, 6.07) is 13.3. The highest BCUT2D eigenvalue weighted by atomic mass is 16.4. The third kappa shape index (κ3) is 2.58. The Balaban J connectivity index is 2.06. The summed E-state index contributed by atoms with van der Waals surface area (Å²) in [4.78, 5) is 0. The Morgan fingerprint density at radius 3 is 2.53 bits per heavy atom. The zero-order valence-electron chi connectivity index (χ0n) is 8.21. The largest absolute Gasteiger partial charge is 0.466 e. The number of hydrogen-bond acceptors (Lipinski definition) is 2. The second kappa shape index (κ2) is 4.62. The van der Waals surface area contributed by atoms with Crippen molar-refractivity contribution in [1.82, 2.24) is 0 Å². The fourth-order valence-electron chi connectivity index (χ4n) is 1.32. The van der Waals surface area contributed by atoms with Gasteiger partial charge in [-0.05, 0) is 23.8 Å². The predicted molar refractivity (Wildman–Crippen MR) is 59.1 cm³/mol. The Morgan fingerprint density at radius 1 is 1.07 bits per heavy atom. The van der Waals surface area contributed by atoms with Crippen molar-refractivity contribution in [2.75, 3.05) is 0 Å². The van der Waals surface area contributed by atoms with Gasteiger partial charge < -0.3 is 9.52 Å². The summed E-state index contributed by atoms with van der Waals surface area (Å²) in [5, 5.41) is 9.69. The average Bonchev–Trinajstić information content (AvgIpc) is 2.81. The number of aliphatic hydroxyl groups excluding tert-OH is 1. The molecule has 1 atom stereocenters. The van der Waals surface area contributed by atoms with Crippen LogP contribution in [-0.4, -0.2) is 5.11 Å². The highest BCUT2D eigenvalue weighted by molar-refractivity contribution is 5.49. The summed E-state index contributed by atoms with van der Waals surface area (Å²) in [6.45, 7) is 0. The van der Waals surface area contributed by atoms with Crippen molar-refractivity contribution < 1.29 is 9.52 Å². The van der Waals surface area contributed by atoms with Crippen LogP contribution in [-0.2, 0) is 0 Å². The zero-order valence-corrected chi connectivity index (χ0v) is 8.21. The van der Waals surface area contributed by atoms with Crippen LogP contribution < -0.4 is 0 Å². The molecule has 1 aromatic carbocycles. The first kappa shape index (κ1) is 9.74. The molecule has 1 aromatic heterocycles. The van der Waals surface area contributed by atoms with Crippen LogP contribution in [0, 0.1) is 0 Å². The lowest BCUT2D eigenvalue weighted by atomic mass is 10.2. The molecule has 0 spiro atoms. The standard InChI is InChI=1S/C13H12O2/c14-12(13-7-4-10-15-13)9-8-11-5-2-1-3-6-11/h1-10,12,14H/b9-8+. The summed E-state index contributed by atoms with van der Waals surface area (Å²) >= 11 is 0. The lowest BCUT2D eigenvalue weighted by Gasteiger charge is -2.00. The Morgan fingerprint density at radius 2 is 1.87 bits per heavy atom. The van der Waals surface area contributed by atoms with Gasteiger partial charge in [-0.25, -0.2) is 0 Å². The molecule has 0 aliphatic heterocycles. The number of aliphatic hydroxyl groups is 1. The monoisotopic (exact) mass is 200 g/mol. The van der Waals surface area contributed by atoms with Crippen molar-refractivity contribution in [3.8, 4) is 0 Å². The van der Waals surface area contributed by atoms with Crippen molar-refractivity contribution in [3.63, 3.8) is 0 Å². The Bertz CT molecular complexity index is 415. The number of benzene rings is 1. The SMILES string of the molecule is OC(/C=C/c1ccccc1)c1ccco1. The van der Waals surface area contributed by atoms with Crippen LogP contribution in [0.15, 0.2) is 59.2 Å². The molecule has 15 heavy (non-hydrogen) atoms. The smallest absolute Gasteiger partial charge is 0.136 e. The molecule has 1 N–H and O–H groups in total. The van der Waals surface area contributed by atoms with Crippen molar-refractivity contribution in [2.24, 2.45) is 0 Å². The molecular formula is C13H12O2. The van der Waals surface area contributed by atoms with E-state index >= 15 is 0 Å². The van der Waals surface area contributed by atoms with E-state index in [9.17, 15) is 5.11 Å². The van der Waals surface area contributed by atoms with Crippen LogP contribution in [0.1, 0.15) is 17.4 Å². The number of rotatable bonds is 3. The molecule has 2 heteroatoms. The van der Waals surface area contributed by atoms with Gasteiger partial charge in [0.15, 0.2) is 0 Å². The van der Waals surface area contributed by atoms with Crippen LogP contribution in [0.2, 0.25) is 0 Å². The minimum atomic E-state index is -0.680. The van der Waals surface area contributed by atoms with Gasteiger partial charge in [0.1, 0.15) is 11.9 Å². The van der Waals surface area contributed by atoms with Crippen molar-refractivity contribution in [2.45, 2.75) is 6.10 Å². The summed E-state index contributed by atoms with van der Waals surface area (Å²) < 4.78 is 5.08. The van der Waals surface area contributed by atoms with Gasteiger partial charge in [-0.2, -0.15) is 0 Å². The molecular weight excluding hydrogens is 188 g/mol. The third-order valence-electron chi connectivity index (χ3n) is 2.11. The van der Waals surface area contributed by atoms with Crippen molar-refractivity contribution >= 4 is 6.08 Å². The van der Waals surface area contributed by atoms with Gasteiger partial charge in [-0.1, -0.05) is 36.4 Å². The highest BCUT2D eigenvalue weighted by Crippen LogP contribution is 2.15. The first-order valence-electron chi connectivity index (χ1n) is 4.81. The molecule has 0 fully saturated rings. The molecule has 1 unspecified atom stereocenters. The Hall–Kier alpha value is -1.80. The second-order valence-corrected chi connectivity index (χ2v) is 3.23. The van der Waals surface area contributed by atoms with Crippen LogP contribution >= 0.6 is 0 Å². The highest BCUT2D eigenvalue weighted by Gasteiger charge is 2.04. The van der Waals surface area contributed by atoms with E-state index in [1.807, 2.05) is 36.4 Å². The summed E-state index contributed by atoms with van der Waals surface area (Å²) in [6.07, 6.45) is 4.44. The topological polar surface area (TPSA) is 33.4 Å². The summed E-state index contributed by atoms with van der Waals surface area (Å²) in [5.74, 6) is 0.558. The van der Waals surface area contributed by atoms with Crippen molar-refractivity contribution in [3.05, 3.63) is 66.1 Å². The quantitative estimate of drug-likeness (QED) is 0.826. The first-order chi connectivity index (χ1) is 7.36. The fraction of sp³-hybridized carbons (Fsp3) is 0.0769. The van der Waals surface area contributed by atoms with Gasteiger partial charge >= 0.3 is 0 Å². The van der Waals surface area contributed by atoms with Crippen LogP contribution in [0.5, 0.6) is 0 Å². The number of hydrogen-bond donors (Lipinski definition) is 1. The molecule has 76 valence electrons. The molecule has 0 amide bonds. The third-order valence-corrected chi connectivity index (χ3v) is 2.11. The molecule has 0 radical (unpaired) electrons. The average molecular weight is 200 g/mol. The van der Waals surface area contributed by atoms with Crippen LogP contribution in [0.4, 0.5) is 0 Å². The van der Waals surface area contributed by atoms with E-state index < -0.39 is 6.10 Å². The summed E-state index contributed by atoms with van der Waals surface area (Å²) in [5.41, 5.74) is 1.06. The normalized spacial score (nSPS) is 13.1. The molecule has 0 saturated heterocycles. The molecule has 2 nitrogen and oxygen atoms in total.